The monoisotopic (exact) mass is 426 g/mol. The van der Waals surface area contributed by atoms with Crippen molar-refractivity contribution in [2.45, 2.75) is 58.1 Å². The highest BCUT2D eigenvalue weighted by molar-refractivity contribution is 8.00. The van der Waals surface area contributed by atoms with Crippen molar-refractivity contribution in [3.8, 4) is 0 Å². The van der Waals surface area contributed by atoms with Crippen molar-refractivity contribution in [1.82, 2.24) is 4.90 Å². The first-order valence-corrected chi connectivity index (χ1v) is 11.4. The fraction of sp³-hybridized carbons (Fsp3) is 0.417. The quantitative estimate of drug-likeness (QED) is 0.648. The molecule has 0 bridgehead atoms. The summed E-state index contributed by atoms with van der Waals surface area (Å²) in [6.07, 6.45) is 1.41. The summed E-state index contributed by atoms with van der Waals surface area (Å²) in [7, 11) is 0. The van der Waals surface area contributed by atoms with E-state index in [9.17, 15) is 9.59 Å². The predicted molar refractivity (Wildman–Crippen MR) is 123 cm³/mol. The van der Waals surface area contributed by atoms with Crippen LogP contribution in [-0.4, -0.2) is 40.2 Å². The number of ether oxygens (including phenoxy) is 1. The van der Waals surface area contributed by atoms with Crippen LogP contribution in [0.4, 0.5) is 10.5 Å². The van der Waals surface area contributed by atoms with E-state index in [-0.39, 0.29) is 23.5 Å². The van der Waals surface area contributed by atoms with Crippen LogP contribution in [0.5, 0.6) is 0 Å². The number of thioether (sulfide) groups is 1. The van der Waals surface area contributed by atoms with Gasteiger partial charge in [-0.05, 0) is 63.3 Å². The molecular weight excluding hydrogens is 396 g/mol. The number of nitrogens with zero attached hydrogens (tertiary/aromatic N) is 1. The molecule has 0 saturated carbocycles. The van der Waals surface area contributed by atoms with Crippen molar-refractivity contribution < 1.29 is 14.3 Å². The van der Waals surface area contributed by atoms with Crippen LogP contribution in [0.25, 0.3) is 0 Å². The minimum atomic E-state index is -0.580. The molecule has 2 aromatic carbocycles. The van der Waals surface area contributed by atoms with E-state index in [4.69, 9.17) is 4.74 Å². The summed E-state index contributed by atoms with van der Waals surface area (Å²) in [5, 5.41) is 2.94. The van der Waals surface area contributed by atoms with Gasteiger partial charge in [0.05, 0.1) is 11.5 Å². The highest BCUT2D eigenvalue weighted by Gasteiger charge is 2.42. The maximum absolute atomic E-state index is 13.3. The van der Waals surface area contributed by atoms with Crippen LogP contribution in [0.3, 0.4) is 0 Å². The molecule has 0 spiro atoms. The fourth-order valence-electron chi connectivity index (χ4n) is 3.55. The van der Waals surface area contributed by atoms with E-state index >= 15 is 0 Å². The van der Waals surface area contributed by atoms with Gasteiger partial charge in [0, 0.05) is 11.4 Å². The molecule has 5 nitrogen and oxygen atoms in total. The Morgan fingerprint density at radius 1 is 1.13 bits per heavy atom. The minimum absolute atomic E-state index is 0.0833. The second-order valence-corrected chi connectivity index (χ2v) is 9.11. The van der Waals surface area contributed by atoms with E-state index in [2.05, 4.69) is 17.4 Å². The first-order valence-electron chi connectivity index (χ1n) is 10.4. The first kappa shape index (κ1) is 22.2. The summed E-state index contributed by atoms with van der Waals surface area (Å²) >= 11 is 1.64. The van der Waals surface area contributed by atoms with Crippen molar-refractivity contribution in [2.24, 2.45) is 0 Å². The lowest BCUT2D eigenvalue weighted by Gasteiger charge is -2.29. The third kappa shape index (κ3) is 5.36. The Morgan fingerprint density at radius 3 is 2.57 bits per heavy atom. The van der Waals surface area contributed by atoms with Crippen LogP contribution >= 0.6 is 11.8 Å². The molecule has 0 radical (unpaired) electrons. The topological polar surface area (TPSA) is 58.6 Å². The number of esters is 1. The maximum Gasteiger partial charge on any atom is 0.330 e. The third-order valence-electron chi connectivity index (χ3n) is 5.32. The Kier molecular flexibility index (Phi) is 7.43. The molecule has 1 heterocycles. The van der Waals surface area contributed by atoms with Gasteiger partial charge < -0.3 is 10.1 Å². The molecule has 3 rings (SSSR count). The molecule has 2 aromatic rings. The average Bonchev–Trinajstić information content (AvgIpc) is 3.14. The Bertz CT molecular complexity index is 885. The SMILES string of the molecule is Cc1cccc(NC(=O)N2C(CCc3ccccc3)SCC2C(=O)OC(C)C)c1C. The lowest BCUT2D eigenvalue weighted by atomic mass is 10.1. The number of hydrogen-bond acceptors (Lipinski definition) is 4. The Labute approximate surface area is 183 Å². The van der Waals surface area contributed by atoms with Gasteiger partial charge in [0.15, 0.2) is 0 Å². The van der Waals surface area contributed by atoms with Crippen molar-refractivity contribution >= 4 is 29.4 Å². The molecule has 1 aliphatic rings. The number of hydrogen-bond donors (Lipinski definition) is 1. The van der Waals surface area contributed by atoms with Crippen LogP contribution < -0.4 is 5.32 Å². The highest BCUT2D eigenvalue weighted by atomic mass is 32.2. The number of carbonyl (C=O) groups excluding carboxylic acids is 2. The number of urea groups is 1. The second-order valence-electron chi connectivity index (χ2n) is 7.90. The zero-order chi connectivity index (χ0) is 21.7. The van der Waals surface area contributed by atoms with Gasteiger partial charge in [-0.2, -0.15) is 0 Å². The molecule has 160 valence electrons. The molecule has 1 saturated heterocycles. The van der Waals surface area contributed by atoms with E-state index in [0.717, 1.165) is 29.7 Å². The number of rotatable bonds is 6. The predicted octanol–water partition coefficient (Wildman–Crippen LogP) is 5.16. The zero-order valence-corrected chi connectivity index (χ0v) is 18.9. The van der Waals surface area contributed by atoms with Crippen LogP contribution in [-0.2, 0) is 16.0 Å². The summed E-state index contributed by atoms with van der Waals surface area (Å²) in [5.74, 6) is 0.210. The summed E-state index contributed by atoms with van der Waals surface area (Å²) < 4.78 is 5.44. The molecule has 30 heavy (non-hydrogen) atoms. The minimum Gasteiger partial charge on any atom is -0.461 e. The maximum atomic E-state index is 13.3. The molecule has 2 amide bonds. The van der Waals surface area contributed by atoms with Crippen molar-refractivity contribution in [2.75, 3.05) is 11.1 Å². The van der Waals surface area contributed by atoms with Crippen LogP contribution in [0.2, 0.25) is 0 Å². The zero-order valence-electron chi connectivity index (χ0n) is 18.1. The molecule has 2 atom stereocenters. The molecule has 0 aliphatic carbocycles. The standard InChI is InChI=1S/C24H30N2O3S/c1-16(2)29-23(27)21-15-30-22(14-13-19-10-6-5-7-11-19)26(21)24(28)25-20-12-8-9-17(3)18(20)4/h5-12,16,21-22H,13-15H2,1-4H3,(H,25,28). The normalized spacial score (nSPS) is 18.5. The molecule has 1 N–H and O–H groups in total. The van der Waals surface area contributed by atoms with Gasteiger partial charge >= 0.3 is 12.0 Å². The summed E-state index contributed by atoms with van der Waals surface area (Å²) in [6, 6.07) is 15.2. The smallest absolute Gasteiger partial charge is 0.330 e. The number of anilines is 1. The number of benzene rings is 2. The lowest BCUT2D eigenvalue weighted by Crippen LogP contribution is -2.48. The largest absolute Gasteiger partial charge is 0.461 e. The van der Waals surface area contributed by atoms with Crippen molar-refractivity contribution in [3.63, 3.8) is 0 Å². The Balaban J connectivity index is 1.78. The number of nitrogens with one attached hydrogen (secondary N) is 1. The Hall–Kier alpha value is -2.47. The van der Waals surface area contributed by atoms with Crippen molar-refractivity contribution in [1.29, 1.82) is 0 Å². The molecule has 1 fully saturated rings. The first-order chi connectivity index (χ1) is 14.4. The lowest BCUT2D eigenvalue weighted by molar-refractivity contribution is -0.151. The number of amides is 2. The van der Waals surface area contributed by atoms with E-state index in [1.54, 1.807) is 16.7 Å². The van der Waals surface area contributed by atoms with Crippen LogP contribution in [0.1, 0.15) is 37.0 Å². The third-order valence-corrected chi connectivity index (χ3v) is 6.68. The molecule has 6 heteroatoms. The fourth-order valence-corrected chi connectivity index (χ4v) is 4.94. The second kappa shape index (κ2) is 10.0. The van der Waals surface area contributed by atoms with Crippen LogP contribution in [0, 0.1) is 13.8 Å². The van der Waals surface area contributed by atoms with Gasteiger partial charge in [0.2, 0.25) is 0 Å². The molecule has 0 aromatic heterocycles. The molecular formula is C24H30N2O3S. The molecule has 2 unspecified atom stereocenters. The van der Waals surface area contributed by atoms with E-state index in [1.807, 2.05) is 64.1 Å². The van der Waals surface area contributed by atoms with Crippen LogP contribution in [0.15, 0.2) is 48.5 Å². The van der Waals surface area contributed by atoms with E-state index in [1.165, 1.54) is 5.56 Å². The van der Waals surface area contributed by atoms with E-state index < -0.39 is 6.04 Å². The summed E-state index contributed by atoms with van der Waals surface area (Å²) in [6.45, 7) is 7.66. The molecule has 1 aliphatic heterocycles. The number of carbonyl (C=O) groups is 2. The number of aryl methyl sites for hydroxylation is 2. The van der Waals surface area contributed by atoms with Crippen molar-refractivity contribution in [3.05, 3.63) is 65.2 Å². The van der Waals surface area contributed by atoms with Gasteiger partial charge in [-0.25, -0.2) is 9.59 Å². The van der Waals surface area contributed by atoms with E-state index in [0.29, 0.717) is 5.75 Å². The van der Waals surface area contributed by atoms with Gasteiger partial charge in [-0.1, -0.05) is 42.5 Å². The van der Waals surface area contributed by atoms with Gasteiger partial charge in [0.1, 0.15) is 6.04 Å². The van der Waals surface area contributed by atoms with Gasteiger partial charge in [-0.3, -0.25) is 4.90 Å². The Morgan fingerprint density at radius 2 is 1.87 bits per heavy atom. The summed E-state index contributed by atoms with van der Waals surface area (Å²) in [4.78, 5) is 27.7. The summed E-state index contributed by atoms with van der Waals surface area (Å²) in [5.41, 5.74) is 4.13. The highest BCUT2D eigenvalue weighted by Crippen LogP contribution is 2.34. The van der Waals surface area contributed by atoms with Gasteiger partial charge in [-0.15, -0.1) is 11.8 Å². The average molecular weight is 427 g/mol. The van der Waals surface area contributed by atoms with Gasteiger partial charge in [0.25, 0.3) is 0 Å².